The number of rotatable bonds is 5. The largest absolute Gasteiger partial charge is 0.309 e. The van der Waals surface area contributed by atoms with Crippen LogP contribution in [0.15, 0.2) is 279 Å². The molecule has 0 N–H and O–H groups in total. The Labute approximate surface area is 540 Å². The first kappa shape index (κ1) is 50.0. The van der Waals surface area contributed by atoms with Crippen molar-refractivity contribution >= 4 is 213 Å². The molecule has 0 unspecified atom stereocenters. The van der Waals surface area contributed by atoms with Crippen molar-refractivity contribution in [3.8, 4) is 33.9 Å². The molecule has 426 valence electrons. The number of fused-ring (bicyclic) bond motifs is 24. The second-order valence-corrected chi connectivity index (χ2v) is 28.9. The molecule has 0 amide bonds. The maximum atomic E-state index is 2.54. The summed E-state index contributed by atoms with van der Waals surface area (Å²) in [7, 11) is 0. The third-order valence-electron chi connectivity index (χ3n) is 19.9. The van der Waals surface area contributed by atoms with Gasteiger partial charge in [0.05, 0.1) is 64.9 Å². The lowest BCUT2D eigenvalue weighted by molar-refractivity contribution is 1.17. The Kier molecular flexibility index (Phi) is 10.0. The maximum Gasteiger partial charge on any atom is 0.0640 e. The number of hydrogen-bond acceptors (Lipinski definition) is 4. The Morgan fingerprint density at radius 1 is 0.174 bits per heavy atom. The Morgan fingerprint density at radius 2 is 0.489 bits per heavy atom. The van der Waals surface area contributed by atoms with E-state index in [1.165, 1.54) is 196 Å². The normalized spacial score (nSPS) is 12.6. The first-order valence-corrected chi connectivity index (χ1v) is 34.5. The van der Waals surface area contributed by atoms with Crippen LogP contribution in [0.1, 0.15) is 0 Å². The van der Waals surface area contributed by atoms with Crippen molar-refractivity contribution in [3.63, 3.8) is 0 Å². The predicted molar refractivity (Wildman–Crippen MR) is 401 cm³/mol. The van der Waals surface area contributed by atoms with Crippen molar-refractivity contribution < 1.29 is 0 Å². The molecule has 8 aromatic heterocycles. The zero-order valence-electron chi connectivity index (χ0n) is 49.0. The zero-order chi connectivity index (χ0) is 59.6. The Bertz CT molecular complexity index is 7030. The van der Waals surface area contributed by atoms with Crippen LogP contribution in [0.5, 0.6) is 0 Å². The first-order valence-electron chi connectivity index (χ1n) is 31.3. The van der Waals surface area contributed by atoms with Crippen LogP contribution in [0.2, 0.25) is 0 Å². The van der Waals surface area contributed by atoms with Crippen LogP contribution in [0.3, 0.4) is 0 Å². The van der Waals surface area contributed by atoms with Gasteiger partial charge in [-0.15, -0.1) is 45.3 Å². The fourth-order valence-corrected chi connectivity index (χ4v) is 20.5. The van der Waals surface area contributed by atoms with Crippen LogP contribution in [0, 0.1) is 0 Å². The standard InChI is InChI=1S/C84H46N4S4/c1-7-23-67-51(15-1)59-43-60-52-16-2-8-24-68(52)86(74(60)45-73(59)85(67)49-33-37-80-65(41-49)56-20-6-11-29-77(56)89-80)50-34-38-81-66(42-50)64-40-48(31-35-79(64)90-81)47-32-36-82-63(39-47)58-22-14-28-72(84(58)92-82)88-70-26-10-4-18-54(70)62-44-61-53-17-3-9-25-69(53)87(75(61)46-76(62)88)71-27-13-21-57-55-19-5-12-30-78(55)91-83(57)71/h1-46H. The maximum absolute atomic E-state index is 2.54. The van der Waals surface area contributed by atoms with Gasteiger partial charge < -0.3 is 18.3 Å². The summed E-state index contributed by atoms with van der Waals surface area (Å²) in [6.07, 6.45) is 0. The third kappa shape index (κ3) is 6.78. The summed E-state index contributed by atoms with van der Waals surface area (Å²) in [5, 5.41) is 20.4. The lowest BCUT2D eigenvalue weighted by Crippen LogP contribution is -1.96. The molecule has 0 atom stereocenters. The van der Waals surface area contributed by atoms with Crippen molar-refractivity contribution in [2.24, 2.45) is 0 Å². The van der Waals surface area contributed by atoms with Gasteiger partial charge in [0.2, 0.25) is 0 Å². The van der Waals surface area contributed by atoms with Crippen molar-refractivity contribution in [1.29, 1.82) is 0 Å². The lowest BCUT2D eigenvalue weighted by atomic mass is 10.0. The van der Waals surface area contributed by atoms with E-state index >= 15 is 0 Å². The highest BCUT2D eigenvalue weighted by atomic mass is 32.1. The summed E-state index contributed by atoms with van der Waals surface area (Å²) in [6, 6.07) is 105. The van der Waals surface area contributed by atoms with E-state index in [9.17, 15) is 0 Å². The van der Waals surface area contributed by atoms with E-state index in [1.54, 1.807) is 0 Å². The van der Waals surface area contributed by atoms with E-state index in [2.05, 4.69) is 297 Å². The van der Waals surface area contributed by atoms with Crippen molar-refractivity contribution in [1.82, 2.24) is 18.3 Å². The lowest BCUT2D eigenvalue weighted by Gasteiger charge is -2.11. The summed E-state index contributed by atoms with van der Waals surface area (Å²) in [5.41, 5.74) is 16.8. The smallest absolute Gasteiger partial charge is 0.0640 e. The average molecular weight is 1240 g/mol. The van der Waals surface area contributed by atoms with E-state index < -0.39 is 0 Å². The zero-order valence-corrected chi connectivity index (χ0v) is 52.2. The molecule has 22 rings (SSSR count). The quantitative estimate of drug-likeness (QED) is 0.164. The molecule has 0 spiro atoms. The van der Waals surface area contributed by atoms with Gasteiger partial charge in [0.1, 0.15) is 0 Å². The summed E-state index contributed by atoms with van der Waals surface area (Å²) in [5.74, 6) is 0. The first-order chi connectivity index (χ1) is 45.6. The van der Waals surface area contributed by atoms with Crippen molar-refractivity contribution in [2.45, 2.75) is 0 Å². The highest BCUT2D eigenvalue weighted by molar-refractivity contribution is 7.27. The second kappa shape index (κ2) is 18.4. The predicted octanol–water partition coefficient (Wildman–Crippen LogP) is 25.2. The molecule has 0 radical (unpaired) electrons. The molecule has 22 aromatic rings. The molecule has 0 aliphatic carbocycles. The highest BCUT2D eigenvalue weighted by Gasteiger charge is 2.24. The minimum absolute atomic E-state index is 1.16. The van der Waals surface area contributed by atoms with Crippen molar-refractivity contribution in [3.05, 3.63) is 279 Å². The molecule has 0 saturated carbocycles. The van der Waals surface area contributed by atoms with E-state index in [0.717, 1.165) is 5.69 Å². The fraction of sp³-hybridized carbons (Fsp3) is 0. The van der Waals surface area contributed by atoms with Crippen LogP contribution in [-0.2, 0) is 0 Å². The van der Waals surface area contributed by atoms with Gasteiger partial charge in [0.25, 0.3) is 0 Å². The molecule has 0 saturated heterocycles. The van der Waals surface area contributed by atoms with E-state index in [0.29, 0.717) is 0 Å². The molecule has 0 aliphatic rings. The van der Waals surface area contributed by atoms with Crippen molar-refractivity contribution in [2.75, 3.05) is 0 Å². The van der Waals surface area contributed by atoms with Crippen LogP contribution in [-0.4, -0.2) is 18.3 Å². The number of nitrogens with zero attached hydrogens (tertiary/aromatic N) is 4. The van der Waals surface area contributed by atoms with Gasteiger partial charge in [-0.05, 0) is 145 Å². The van der Waals surface area contributed by atoms with E-state index in [1.807, 2.05) is 45.3 Å². The summed E-state index contributed by atoms with van der Waals surface area (Å²) in [4.78, 5) is 0. The molecular weight excluding hydrogens is 1190 g/mol. The van der Waals surface area contributed by atoms with Crippen LogP contribution < -0.4 is 0 Å². The molecule has 0 fully saturated rings. The van der Waals surface area contributed by atoms with Crippen LogP contribution in [0.25, 0.3) is 202 Å². The number of aromatic nitrogens is 4. The molecule has 92 heavy (non-hydrogen) atoms. The minimum Gasteiger partial charge on any atom is -0.309 e. The molecule has 8 heteroatoms. The van der Waals surface area contributed by atoms with Gasteiger partial charge in [0, 0.05) is 126 Å². The van der Waals surface area contributed by atoms with Gasteiger partial charge in [-0.2, -0.15) is 0 Å². The number of para-hydroxylation sites is 4. The van der Waals surface area contributed by atoms with Crippen LogP contribution >= 0.6 is 45.3 Å². The van der Waals surface area contributed by atoms with Gasteiger partial charge in [-0.1, -0.05) is 146 Å². The number of thiophene rings is 4. The fourth-order valence-electron chi connectivity index (χ4n) is 15.9. The molecule has 8 heterocycles. The number of benzene rings is 14. The minimum atomic E-state index is 1.16. The van der Waals surface area contributed by atoms with Crippen LogP contribution in [0.4, 0.5) is 0 Å². The topological polar surface area (TPSA) is 19.7 Å². The third-order valence-corrected chi connectivity index (χ3v) is 24.7. The monoisotopic (exact) mass is 1240 g/mol. The SMILES string of the molecule is c1ccc2c(c1)sc1ccc(-n3c4ccccc4c4cc5c6ccccc6n(-c6ccc7sc8ccc(-c9ccc%10sc%11c(-n%12c%13ccccc%13c%13cc%14c%15ccccc%15n(-c%15cccc%16c%15sc%15ccccc%15%16)c%14cc%13%12)cccc%11c%10c9)cc8c7c6)c5cc43)cc12. The van der Waals surface area contributed by atoms with Gasteiger partial charge >= 0.3 is 0 Å². The second-order valence-electron chi connectivity index (χ2n) is 24.7. The molecule has 4 nitrogen and oxygen atoms in total. The average Bonchev–Trinajstić information content (AvgIpc) is 1.57. The molecular formula is C84H46N4S4. The summed E-state index contributed by atoms with van der Waals surface area (Å²) in [6.45, 7) is 0. The van der Waals surface area contributed by atoms with Gasteiger partial charge in [-0.3, -0.25) is 0 Å². The Hall–Kier alpha value is -10.8. The molecule has 14 aromatic carbocycles. The summed E-state index contributed by atoms with van der Waals surface area (Å²) >= 11 is 7.54. The molecule has 0 bridgehead atoms. The number of hydrogen-bond donors (Lipinski definition) is 0. The van der Waals surface area contributed by atoms with Gasteiger partial charge in [0.15, 0.2) is 0 Å². The summed E-state index contributed by atoms with van der Waals surface area (Å²) < 4.78 is 20.4. The molecule has 0 aliphatic heterocycles. The van der Waals surface area contributed by atoms with Gasteiger partial charge in [-0.25, -0.2) is 0 Å². The van der Waals surface area contributed by atoms with E-state index in [-0.39, 0.29) is 0 Å². The van der Waals surface area contributed by atoms with E-state index in [4.69, 9.17) is 0 Å². The Morgan fingerprint density at radius 3 is 0.967 bits per heavy atom. The highest BCUT2D eigenvalue weighted by Crippen LogP contribution is 2.48. The Balaban J connectivity index is 0.690.